The number of rotatable bonds is 10. The summed E-state index contributed by atoms with van der Waals surface area (Å²) in [5, 5.41) is 0. The highest BCUT2D eigenvalue weighted by Gasteiger charge is 2.23. The summed E-state index contributed by atoms with van der Waals surface area (Å²) in [7, 11) is 0. The molecule has 0 N–H and O–H groups in total. The van der Waals surface area contributed by atoms with Crippen molar-refractivity contribution in [3.05, 3.63) is 89.7 Å². The molecule has 6 heteroatoms. The van der Waals surface area contributed by atoms with Crippen molar-refractivity contribution in [2.45, 2.75) is 44.4 Å². The second kappa shape index (κ2) is 11.4. The molecule has 4 aromatic rings. The molecule has 3 aromatic carbocycles. The molecule has 0 saturated heterocycles. The highest BCUT2D eigenvalue weighted by atomic mass is 32.2. The number of benzene rings is 3. The van der Waals surface area contributed by atoms with Gasteiger partial charge in [-0.05, 0) is 55.7 Å². The summed E-state index contributed by atoms with van der Waals surface area (Å²) in [6, 6.07) is 24.5. The fraction of sp³-hybridized carbons (Fsp3) is 0.286. The van der Waals surface area contributed by atoms with Gasteiger partial charge in [0.1, 0.15) is 19.1 Å². The van der Waals surface area contributed by atoms with Crippen molar-refractivity contribution in [3.63, 3.8) is 0 Å². The smallest absolute Gasteiger partial charge is 0.248 e. The third kappa shape index (κ3) is 5.34. The Hall–Kier alpha value is -3.09. The molecule has 0 aliphatic carbocycles. The van der Waals surface area contributed by atoms with E-state index in [1.54, 1.807) is 16.7 Å². The van der Waals surface area contributed by atoms with Crippen LogP contribution in [-0.2, 0) is 28.2 Å². The number of carbonyl (C=O) groups is 1. The van der Waals surface area contributed by atoms with E-state index in [0.717, 1.165) is 40.1 Å². The van der Waals surface area contributed by atoms with Gasteiger partial charge in [-0.1, -0.05) is 55.5 Å². The summed E-state index contributed by atoms with van der Waals surface area (Å²) in [4.78, 5) is 21.6. The summed E-state index contributed by atoms with van der Waals surface area (Å²) in [6.07, 6.45) is 0.847. The predicted octanol–water partition coefficient (Wildman–Crippen LogP) is 6.23. The Morgan fingerprint density at radius 1 is 1.00 bits per heavy atom. The number of para-hydroxylation sites is 3. The van der Waals surface area contributed by atoms with E-state index in [1.807, 2.05) is 55.5 Å². The van der Waals surface area contributed by atoms with Crippen molar-refractivity contribution in [3.8, 4) is 0 Å². The molecule has 0 unspecified atom stereocenters. The van der Waals surface area contributed by atoms with E-state index >= 15 is 0 Å². The van der Waals surface area contributed by atoms with Crippen LogP contribution in [0.2, 0.25) is 0 Å². The van der Waals surface area contributed by atoms with Gasteiger partial charge in [-0.25, -0.2) is 4.98 Å². The first kappa shape index (κ1) is 24.0. The maximum atomic E-state index is 13.8. The zero-order valence-electron chi connectivity index (χ0n) is 20.0. The Morgan fingerprint density at radius 3 is 2.53 bits per heavy atom. The number of aryl methyl sites for hydroxylation is 2. The van der Waals surface area contributed by atoms with Gasteiger partial charge in [0.05, 0.1) is 22.5 Å². The number of nitrogens with zero attached hydrogens (tertiary/aromatic N) is 3. The predicted molar refractivity (Wildman–Crippen MR) is 140 cm³/mol. The van der Waals surface area contributed by atoms with E-state index in [0.29, 0.717) is 12.4 Å². The van der Waals surface area contributed by atoms with Gasteiger partial charge in [-0.15, -0.1) is 11.8 Å². The molecule has 0 spiro atoms. The number of hydrogen-bond donors (Lipinski definition) is 0. The van der Waals surface area contributed by atoms with Crippen LogP contribution in [0.1, 0.15) is 30.8 Å². The number of fused-ring (bicyclic) bond motifs is 1. The van der Waals surface area contributed by atoms with E-state index in [4.69, 9.17) is 9.72 Å². The lowest BCUT2D eigenvalue weighted by atomic mass is 10.0. The first-order chi connectivity index (χ1) is 16.6. The third-order valence-corrected chi connectivity index (χ3v) is 6.84. The third-order valence-electron chi connectivity index (χ3n) is 5.84. The summed E-state index contributed by atoms with van der Waals surface area (Å²) >= 11 is 1.72. The number of imidazole rings is 1. The number of thioether (sulfide) groups is 1. The first-order valence-corrected chi connectivity index (χ1v) is 12.7. The number of aromatic nitrogens is 2. The molecule has 0 atom stereocenters. The van der Waals surface area contributed by atoms with Crippen LogP contribution in [0.4, 0.5) is 5.69 Å². The summed E-state index contributed by atoms with van der Waals surface area (Å²) < 4.78 is 7.80. The van der Waals surface area contributed by atoms with Gasteiger partial charge in [0, 0.05) is 11.5 Å². The van der Waals surface area contributed by atoms with Gasteiger partial charge in [-0.2, -0.15) is 0 Å². The molecule has 1 heterocycles. The molecular weight excluding hydrogens is 442 g/mol. The van der Waals surface area contributed by atoms with Gasteiger partial charge in [0.2, 0.25) is 5.91 Å². The Bertz CT molecular complexity index is 1250. The lowest BCUT2D eigenvalue weighted by Crippen LogP contribution is -2.37. The molecule has 0 fully saturated rings. The summed E-state index contributed by atoms with van der Waals surface area (Å²) in [5.74, 6) is 1.56. The van der Waals surface area contributed by atoms with Gasteiger partial charge in [0.25, 0.3) is 0 Å². The quantitative estimate of drug-likeness (QED) is 0.202. The monoisotopic (exact) mass is 473 g/mol. The maximum absolute atomic E-state index is 13.8. The fourth-order valence-corrected chi connectivity index (χ4v) is 5.00. The van der Waals surface area contributed by atoms with E-state index in [9.17, 15) is 4.79 Å². The molecule has 1 aromatic heterocycles. The number of amides is 1. The highest BCUT2D eigenvalue weighted by Crippen LogP contribution is 2.28. The van der Waals surface area contributed by atoms with E-state index in [2.05, 4.69) is 42.7 Å². The van der Waals surface area contributed by atoms with E-state index < -0.39 is 0 Å². The van der Waals surface area contributed by atoms with Crippen LogP contribution in [-0.4, -0.2) is 28.8 Å². The second-order valence-corrected chi connectivity index (χ2v) is 9.13. The number of anilines is 1. The zero-order valence-corrected chi connectivity index (χ0v) is 20.8. The normalized spacial score (nSPS) is 11.1. The Labute approximate surface area is 205 Å². The molecular formula is C28H31N3O2S. The fourth-order valence-electron chi connectivity index (χ4n) is 4.13. The van der Waals surface area contributed by atoms with E-state index in [-0.39, 0.29) is 19.2 Å². The molecule has 0 bridgehead atoms. The Morgan fingerprint density at radius 2 is 1.76 bits per heavy atom. The molecule has 176 valence electrons. The van der Waals surface area contributed by atoms with Gasteiger partial charge >= 0.3 is 0 Å². The molecule has 5 nitrogen and oxygen atoms in total. The van der Waals surface area contributed by atoms with Crippen LogP contribution in [0.5, 0.6) is 0 Å². The zero-order chi connectivity index (χ0) is 23.9. The van der Waals surface area contributed by atoms with Crippen LogP contribution < -0.4 is 4.90 Å². The molecule has 0 radical (unpaired) electrons. The topological polar surface area (TPSA) is 47.4 Å². The minimum atomic E-state index is -0.00781. The second-order valence-electron chi connectivity index (χ2n) is 8.08. The minimum absolute atomic E-state index is 0.00781. The van der Waals surface area contributed by atoms with Gasteiger partial charge in [0.15, 0.2) is 0 Å². The number of ether oxygens (including phenoxy) is 1. The van der Waals surface area contributed by atoms with Crippen LogP contribution >= 0.6 is 11.8 Å². The average molecular weight is 474 g/mol. The molecule has 0 aliphatic rings. The summed E-state index contributed by atoms with van der Waals surface area (Å²) in [5.41, 5.74) is 5.04. The first-order valence-electron chi connectivity index (χ1n) is 11.7. The Kier molecular flexibility index (Phi) is 8.03. The SMILES string of the molecule is CCOCN(C(=O)Cn1c(CSc2ccccc2)nc2ccccc21)c1c(C)cccc1CC. The number of carbonyl (C=O) groups excluding carboxylic acids is 1. The maximum Gasteiger partial charge on any atom is 0.248 e. The van der Waals surface area contributed by atoms with Crippen molar-refractivity contribution in [1.82, 2.24) is 9.55 Å². The van der Waals surface area contributed by atoms with Crippen molar-refractivity contribution in [1.29, 1.82) is 0 Å². The largest absolute Gasteiger partial charge is 0.361 e. The van der Waals surface area contributed by atoms with Crippen LogP contribution in [0.25, 0.3) is 11.0 Å². The number of hydrogen-bond acceptors (Lipinski definition) is 4. The van der Waals surface area contributed by atoms with Crippen molar-refractivity contribution in [2.75, 3.05) is 18.2 Å². The summed E-state index contributed by atoms with van der Waals surface area (Å²) in [6.45, 7) is 7.09. The Balaban J connectivity index is 1.67. The van der Waals surface area contributed by atoms with Gasteiger partial charge < -0.3 is 9.30 Å². The molecule has 0 saturated carbocycles. The highest BCUT2D eigenvalue weighted by molar-refractivity contribution is 7.98. The lowest BCUT2D eigenvalue weighted by Gasteiger charge is -2.27. The van der Waals surface area contributed by atoms with Crippen molar-refractivity contribution >= 4 is 34.4 Å². The molecule has 0 aliphatic heterocycles. The lowest BCUT2D eigenvalue weighted by molar-refractivity contribution is -0.120. The standard InChI is InChI=1S/C28H31N3O2S/c1-4-22-13-11-12-21(3)28(22)31(20-33-5-2)27(32)18-30-25-17-10-9-16-24(25)29-26(30)19-34-23-14-7-6-8-15-23/h6-17H,4-5,18-20H2,1-3H3. The van der Waals surface area contributed by atoms with Crippen LogP contribution in [0.3, 0.4) is 0 Å². The van der Waals surface area contributed by atoms with E-state index in [1.165, 1.54) is 4.90 Å². The van der Waals surface area contributed by atoms with Crippen molar-refractivity contribution < 1.29 is 9.53 Å². The van der Waals surface area contributed by atoms with Crippen molar-refractivity contribution in [2.24, 2.45) is 0 Å². The average Bonchev–Trinajstić information content (AvgIpc) is 3.21. The minimum Gasteiger partial charge on any atom is -0.361 e. The molecule has 1 amide bonds. The molecule has 4 rings (SSSR count). The van der Waals surface area contributed by atoms with Gasteiger partial charge in [-0.3, -0.25) is 9.69 Å². The van der Waals surface area contributed by atoms with Crippen LogP contribution in [0, 0.1) is 6.92 Å². The van der Waals surface area contributed by atoms with Crippen LogP contribution in [0.15, 0.2) is 77.7 Å². The molecule has 34 heavy (non-hydrogen) atoms.